The first-order valence-electron chi connectivity index (χ1n) is 5.00. The van der Waals surface area contributed by atoms with Gasteiger partial charge in [-0.1, -0.05) is 0 Å². The van der Waals surface area contributed by atoms with E-state index in [0.717, 1.165) is 5.56 Å². The number of nitrogens with two attached hydrogens (primary N) is 1. The van der Waals surface area contributed by atoms with E-state index in [9.17, 15) is 4.39 Å². The van der Waals surface area contributed by atoms with Gasteiger partial charge >= 0.3 is 0 Å². The molecule has 2 heterocycles. The van der Waals surface area contributed by atoms with E-state index in [-0.39, 0.29) is 11.9 Å². The van der Waals surface area contributed by atoms with Gasteiger partial charge in [0, 0.05) is 24.6 Å². The highest BCUT2D eigenvalue weighted by Crippen LogP contribution is 2.15. The summed E-state index contributed by atoms with van der Waals surface area (Å²) in [6.07, 6.45) is 6.84. The van der Waals surface area contributed by atoms with Crippen LogP contribution in [0, 0.1) is 5.82 Å². The molecular weight excluding hydrogens is 205 g/mol. The molecule has 0 aliphatic heterocycles. The van der Waals surface area contributed by atoms with Crippen molar-refractivity contribution in [2.75, 3.05) is 0 Å². The maximum absolute atomic E-state index is 12.9. The van der Waals surface area contributed by atoms with Crippen LogP contribution in [0.15, 0.2) is 43.0 Å². The molecule has 0 aliphatic carbocycles. The van der Waals surface area contributed by atoms with Crippen molar-refractivity contribution in [3.63, 3.8) is 0 Å². The van der Waals surface area contributed by atoms with E-state index in [1.807, 2.05) is 12.1 Å². The largest absolute Gasteiger partial charge is 0.324 e. The molecule has 0 saturated heterocycles. The maximum Gasteiger partial charge on any atom is 0.141 e. The zero-order valence-electron chi connectivity index (χ0n) is 8.68. The normalized spacial score (nSPS) is 12.4. The van der Waals surface area contributed by atoms with E-state index in [0.29, 0.717) is 12.0 Å². The van der Waals surface area contributed by atoms with E-state index in [4.69, 9.17) is 5.73 Å². The Kier molecular flexibility index (Phi) is 3.22. The highest BCUT2D eigenvalue weighted by molar-refractivity contribution is 5.19. The van der Waals surface area contributed by atoms with E-state index >= 15 is 0 Å². The third-order valence-electron chi connectivity index (χ3n) is 2.36. The summed E-state index contributed by atoms with van der Waals surface area (Å²) < 4.78 is 12.9. The maximum atomic E-state index is 12.9. The Morgan fingerprint density at radius 3 is 2.62 bits per heavy atom. The highest BCUT2D eigenvalue weighted by Gasteiger charge is 2.08. The number of halogens is 1. The Labute approximate surface area is 93.2 Å². The number of hydrogen-bond acceptors (Lipinski definition) is 3. The molecule has 2 N–H and O–H groups in total. The lowest BCUT2D eigenvalue weighted by atomic mass is 10.0. The van der Waals surface area contributed by atoms with E-state index in [2.05, 4.69) is 9.97 Å². The average molecular weight is 217 g/mol. The summed E-state index contributed by atoms with van der Waals surface area (Å²) in [6, 6.07) is 4.96. The lowest BCUT2D eigenvalue weighted by molar-refractivity contribution is 0.610. The van der Waals surface area contributed by atoms with E-state index in [1.54, 1.807) is 18.6 Å². The van der Waals surface area contributed by atoms with Crippen LogP contribution in [0.25, 0.3) is 0 Å². The summed E-state index contributed by atoms with van der Waals surface area (Å²) in [5.41, 5.74) is 7.75. The Morgan fingerprint density at radius 2 is 1.94 bits per heavy atom. The van der Waals surface area contributed by atoms with Crippen molar-refractivity contribution >= 4 is 0 Å². The lowest BCUT2D eigenvalue weighted by Crippen LogP contribution is -2.13. The van der Waals surface area contributed by atoms with Gasteiger partial charge in [0.2, 0.25) is 0 Å². The molecule has 2 aromatic heterocycles. The van der Waals surface area contributed by atoms with Gasteiger partial charge in [-0.3, -0.25) is 9.97 Å². The van der Waals surface area contributed by atoms with Crippen LogP contribution in [0.2, 0.25) is 0 Å². The van der Waals surface area contributed by atoms with Crippen molar-refractivity contribution in [3.8, 4) is 0 Å². The van der Waals surface area contributed by atoms with Crippen LogP contribution in [-0.2, 0) is 6.42 Å². The molecule has 2 rings (SSSR count). The Balaban J connectivity index is 2.12. The molecule has 1 atom stereocenters. The second-order valence-electron chi connectivity index (χ2n) is 3.60. The first-order chi connectivity index (χ1) is 7.75. The number of aromatic nitrogens is 2. The molecule has 0 fully saturated rings. The van der Waals surface area contributed by atoms with Gasteiger partial charge in [-0.2, -0.15) is 0 Å². The lowest BCUT2D eigenvalue weighted by Gasteiger charge is -2.11. The predicted octanol–water partition coefficient (Wildman–Crippen LogP) is 1.86. The monoisotopic (exact) mass is 217 g/mol. The Bertz CT molecular complexity index is 459. The van der Waals surface area contributed by atoms with Crippen molar-refractivity contribution in [2.24, 2.45) is 5.73 Å². The first kappa shape index (κ1) is 10.7. The van der Waals surface area contributed by atoms with Crippen molar-refractivity contribution < 1.29 is 4.39 Å². The minimum Gasteiger partial charge on any atom is -0.324 e. The van der Waals surface area contributed by atoms with Crippen LogP contribution >= 0.6 is 0 Å². The van der Waals surface area contributed by atoms with Crippen molar-refractivity contribution in [2.45, 2.75) is 12.5 Å². The fraction of sp³-hybridized carbons (Fsp3) is 0.167. The molecule has 0 bridgehead atoms. The number of nitrogens with zero attached hydrogens (tertiary/aromatic N) is 2. The van der Waals surface area contributed by atoms with Crippen molar-refractivity contribution in [1.82, 2.24) is 9.97 Å². The SMILES string of the molecule is NC(Cc1ccncc1)c1cncc(F)c1. The molecule has 4 heteroatoms. The predicted molar refractivity (Wildman–Crippen MR) is 59.1 cm³/mol. The van der Waals surface area contributed by atoms with Crippen LogP contribution in [-0.4, -0.2) is 9.97 Å². The van der Waals surface area contributed by atoms with Gasteiger partial charge in [-0.05, 0) is 35.7 Å². The highest BCUT2D eigenvalue weighted by atomic mass is 19.1. The summed E-state index contributed by atoms with van der Waals surface area (Å²) in [7, 11) is 0. The van der Waals surface area contributed by atoms with Crippen LogP contribution in [0.1, 0.15) is 17.2 Å². The molecule has 0 radical (unpaired) electrons. The minimum atomic E-state index is -0.359. The molecule has 0 aliphatic rings. The van der Waals surface area contributed by atoms with Crippen molar-refractivity contribution in [1.29, 1.82) is 0 Å². The summed E-state index contributed by atoms with van der Waals surface area (Å²) in [5, 5.41) is 0. The second kappa shape index (κ2) is 4.81. The summed E-state index contributed by atoms with van der Waals surface area (Å²) >= 11 is 0. The molecular formula is C12H12FN3. The fourth-order valence-electron chi connectivity index (χ4n) is 1.52. The van der Waals surface area contributed by atoms with Gasteiger partial charge in [0.25, 0.3) is 0 Å². The standard InChI is InChI=1S/C12H12FN3/c13-11-6-10(7-16-8-11)12(14)5-9-1-3-15-4-2-9/h1-4,6-8,12H,5,14H2. The van der Waals surface area contributed by atoms with E-state index < -0.39 is 0 Å². The molecule has 1 unspecified atom stereocenters. The second-order valence-corrected chi connectivity index (χ2v) is 3.60. The van der Waals surface area contributed by atoms with Gasteiger partial charge in [0.05, 0.1) is 6.20 Å². The third-order valence-corrected chi connectivity index (χ3v) is 2.36. The zero-order chi connectivity index (χ0) is 11.4. The molecule has 0 spiro atoms. The van der Waals surface area contributed by atoms with Crippen LogP contribution in [0.5, 0.6) is 0 Å². The molecule has 3 nitrogen and oxygen atoms in total. The van der Waals surface area contributed by atoms with Crippen LogP contribution < -0.4 is 5.73 Å². The smallest absolute Gasteiger partial charge is 0.141 e. The van der Waals surface area contributed by atoms with Gasteiger partial charge in [-0.15, -0.1) is 0 Å². The van der Waals surface area contributed by atoms with Crippen LogP contribution in [0.3, 0.4) is 0 Å². The molecule has 0 saturated carbocycles. The quantitative estimate of drug-likeness (QED) is 0.853. The fourth-order valence-corrected chi connectivity index (χ4v) is 1.52. The number of rotatable bonds is 3. The number of pyridine rings is 2. The summed E-state index contributed by atoms with van der Waals surface area (Å²) in [5.74, 6) is -0.359. The minimum absolute atomic E-state index is 0.245. The summed E-state index contributed by atoms with van der Waals surface area (Å²) in [6.45, 7) is 0. The first-order valence-corrected chi connectivity index (χ1v) is 5.00. The topological polar surface area (TPSA) is 51.8 Å². The average Bonchev–Trinajstić information content (AvgIpc) is 2.30. The molecule has 82 valence electrons. The Hall–Kier alpha value is -1.81. The Morgan fingerprint density at radius 1 is 1.19 bits per heavy atom. The van der Waals surface area contributed by atoms with Crippen LogP contribution in [0.4, 0.5) is 4.39 Å². The van der Waals surface area contributed by atoms with E-state index in [1.165, 1.54) is 12.3 Å². The molecule has 0 amide bonds. The van der Waals surface area contributed by atoms with Crippen molar-refractivity contribution in [3.05, 3.63) is 59.9 Å². The van der Waals surface area contributed by atoms with Gasteiger partial charge in [-0.25, -0.2) is 4.39 Å². The van der Waals surface area contributed by atoms with Gasteiger partial charge in [0.1, 0.15) is 5.82 Å². The molecule has 2 aromatic rings. The molecule has 0 aromatic carbocycles. The number of hydrogen-bond donors (Lipinski definition) is 1. The third kappa shape index (κ3) is 2.61. The molecule has 16 heavy (non-hydrogen) atoms. The summed E-state index contributed by atoms with van der Waals surface area (Å²) in [4.78, 5) is 7.71. The van der Waals surface area contributed by atoms with Gasteiger partial charge in [0.15, 0.2) is 0 Å². The zero-order valence-corrected chi connectivity index (χ0v) is 8.68. The van der Waals surface area contributed by atoms with Gasteiger partial charge < -0.3 is 5.73 Å².